The fraction of sp³-hybridized carbons (Fsp3) is 0.304. The molecule has 4 aromatic rings. The number of nitrogens with one attached hydrogen (secondary N) is 1. The van der Waals surface area contributed by atoms with E-state index in [4.69, 9.17) is 4.74 Å². The minimum absolute atomic E-state index is 0.104. The van der Waals surface area contributed by atoms with E-state index >= 15 is 4.39 Å². The molecule has 0 unspecified atom stereocenters. The maximum absolute atomic E-state index is 15.7. The van der Waals surface area contributed by atoms with Gasteiger partial charge < -0.3 is 14.4 Å². The Bertz CT molecular complexity index is 1310. The molecule has 3 heterocycles. The number of H-pyrrole nitrogens is 1. The first kappa shape index (κ1) is 20.6. The van der Waals surface area contributed by atoms with Gasteiger partial charge in [-0.25, -0.2) is 18.0 Å². The second kappa shape index (κ2) is 7.98. The van der Waals surface area contributed by atoms with Gasteiger partial charge in [0.25, 0.3) is 0 Å². The number of alkyl halides is 1. The smallest absolute Gasteiger partial charge is 0.338 e. The summed E-state index contributed by atoms with van der Waals surface area (Å²) in [5.74, 6) is -2.74. The molecule has 2 aromatic carbocycles. The first-order valence-electron chi connectivity index (χ1n) is 10.3. The molecule has 0 saturated carbocycles. The van der Waals surface area contributed by atoms with Crippen LogP contribution in [0.3, 0.4) is 0 Å². The van der Waals surface area contributed by atoms with Gasteiger partial charge in [0.1, 0.15) is 11.3 Å². The van der Waals surface area contributed by atoms with Crippen molar-refractivity contribution in [2.24, 2.45) is 0 Å². The number of carboxylic acid groups (broad SMARTS) is 1. The molecule has 0 spiro atoms. The van der Waals surface area contributed by atoms with Gasteiger partial charge in [-0.2, -0.15) is 5.10 Å². The lowest BCUT2D eigenvalue weighted by Gasteiger charge is -2.26. The zero-order valence-electron chi connectivity index (χ0n) is 16.9. The minimum Gasteiger partial charge on any atom is -0.479 e. The van der Waals surface area contributed by atoms with Crippen molar-refractivity contribution >= 4 is 27.8 Å². The van der Waals surface area contributed by atoms with Gasteiger partial charge in [-0.15, -0.1) is 0 Å². The van der Waals surface area contributed by atoms with Crippen molar-refractivity contribution in [3.8, 4) is 5.69 Å². The maximum atomic E-state index is 15.7. The molecule has 2 aromatic heterocycles. The topological polar surface area (TPSA) is 80.1 Å². The number of aromatic nitrogens is 3. The van der Waals surface area contributed by atoms with E-state index in [9.17, 15) is 18.7 Å². The Labute approximate surface area is 180 Å². The van der Waals surface area contributed by atoms with Crippen LogP contribution in [0.2, 0.25) is 0 Å². The molecule has 1 fully saturated rings. The van der Waals surface area contributed by atoms with Crippen LogP contribution in [0.4, 0.5) is 13.2 Å². The summed E-state index contributed by atoms with van der Waals surface area (Å²) in [6, 6.07) is 7.49. The van der Waals surface area contributed by atoms with Crippen molar-refractivity contribution in [1.82, 2.24) is 14.8 Å². The number of halogens is 3. The Morgan fingerprint density at radius 2 is 1.97 bits per heavy atom. The predicted octanol–water partition coefficient (Wildman–Crippen LogP) is 4.64. The number of carbonyl (C=O) groups is 1. The van der Waals surface area contributed by atoms with Gasteiger partial charge in [-0.3, -0.25) is 5.10 Å². The highest BCUT2D eigenvalue weighted by molar-refractivity contribution is 5.99. The summed E-state index contributed by atoms with van der Waals surface area (Å²) in [7, 11) is 0. The van der Waals surface area contributed by atoms with Crippen LogP contribution in [-0.2, 0) is 16.0 Å². The number of nitrogens with zero attached hydrogens (tertiary/aromatic N) is 2. The van der Waals surface area contributed by atoms with Crippen LogP contribution in [0.15, 0.2) is 36.5 Å². The van der Waals surface area contributed by atoms with Crippen LogP contribution in [0, 0.1) is 11.6 Å². The summed E-state index contributed by atoms with van der Waals surface area (Å²) >= 11 is 0. The maximum Gasteiger partial charge on any atom is 0.338 e. The molecule has 1 aliphatic heterocycles. The molecular weight excluding hydrogens is 423 g/mol. The molecule has 1 saturated heterocycles. The molecule has 1 aliphatic rings. The first-order chi connectivity index (χ1) is 15.5. The van der Waals surface area contributed by atoms with Crippen molar-refractivity contribution in [2.75, 3.05) is 13.2 Å². The lowest BCUT2D eigenvalue weighted by atomic mass is 9.90. The summed E-state index contributed by atoms with van der Waals surface area (Å²) < 4.78 is 51.2. The Hall–Kier alpha value is -3.33. The van der Waals surface area contributed by atoms with Crippen LogP contribution < -0.4 is 0 Å². The van der Waals surface area contributed by atoms with E-state index < -0.39 is 30.2 Å². The molecule has 9 heteroatoms. The Kier molecular flexibility index (Phi) is 5.13. The van der Waals surface area contributed by atoms with Crippen molar-refractivity contribution in [3.63, 3.8) is 0 Å². The van der Waals surface area contributed by atoms with E-state index in [0.29, 0.717) is 53.9 Å². The van der Waals surface area contributed by atoms with Crippen molar-refractivity contribution in [1.29, 1.82) is 0 Å². The fourth-order valence-electron chi connectivity index (χ4n) is 4.64. The number of benzene rings is 2. The monoisotopic (exact) mass is 443 g/mol. The molecule has 2 N–H and O–H groups in total. The van der Waals surface area contributed by atoms with Crippen molar-refractivity contribution < 1.29 is 27.8 Å². The SMILES string of the molecule is O=C(O)[C@@H](F)Cc1c(C2CCOCC2)n(-c2ccc(F)cc2)c2cc3cn[nH]c3c(F)c12. The van der Waals surface area contributed by atoms with E-state index in [1.807, 2.05) is 0 Å². The van der Waals surface area contributed by atoms with E-state index in [1.165, 1.54) is 18.3 Å². The van der Waals surface area contributed by atoms with Gasteiger partial charge in [-0.1, -0.05) is 0 Å². The number of aliphatic carboxylic acids is 1. The summed E-state index contributed by atoms with van der Waals surface area (Å²) in [4.78, 5) is 11.3. The lowest BCUT2D eigenvalue weighted by molar-refractivity contribution is -0.142. The summed E-state index contributed by atoms with van der Waals surface area (Å²) in [6.45, 7) is 0.973. The number of carboxylic acids is 1. The number of ether oxygens (including phenoxy) is 1. The highest BCUT2D eigenvalue weighted by atomic mass is 19.1. The molecule has 0 bridgehead atoms. The molecule has 0 aliphatic carbocycles. The lowest BCUT2D eigenvalue weighted by Crippen LogP contribution is -2.21. The third-order valence-corrected chi connectivity index (χ3v) is 6.09. The van der Waals surface area contributed by atoms with E-state index in [2.05, 4.69) is 10.2 Å². The number of hydrogen-bond acceptors (Lipinski definition) is 3. The van der Waals surface area contributed by atoms with E-state index in [1.54, 1.807) is 22.8 Å². The van der Waals surface area contributed by atoms with Gasteiger partial charge >= 0.3 is 5.97 Å². The number of fused-ring (bicyclic) bond motifs is 2. The Morgan fingerprint density at radius 1 is 1.25 bits per heavy atom. The highest BCUT2D eigenvalue weighted by Crippen LogP contribution is 2.41. The minimum atomic E-state index is -2.20. The third-order valence-electron chi connectivity index (χ3n) is 6.09. The van der Waals surface area contributed by atoms with E-state index in [0.717, 1.165) is 0 Å². The second-order valence-electron chi connectivity index (χ2n) is 7.99. The molecule has 6 nitrogen and oxygen atoms in total. The molecule has 5 rings (SSSR count). The fourth-order valence-corrected chi connectivity index (χ4v) is 4.64. The molecular formula is C23H20F3N3O3. The zero-order valence-corrected chi connectivity index (χ0v) is 16.9. The Balaban J connectivity index is 1.88. The van der Waals surface area contributed by atoms with Gasteiger partial charge in [0.2, 0.25) is 6.17 Å². The zero-order chi connectivity index (χ0) is 22.4. The van der Waals surface area contributed by atoms with Crippen LogP contribution in [0.5, 0.6) is 0 Å². The van der Waals surface area contributed by atoms with Crippen LogP contribution in [0.25, 0.3) is 27.5 Å². The van der Waals surface area contributed by atoms with Crippen molar-refractivity contribution in [2.45, 2.75) is 31.4 Å². The molecule has 32 heavy (non-hydrogen) atoms. The standard InChI is InChI=1S/C23H20F3N3O3/c24-14-1-3-15(4-2-14)29-18-9-13-11-27-28-21(13)20(26)19(18)16(10-17(25)23(30)31)22(29)12-5-7-32-8-6-12/h1-4,9,11-12,17H,5-8,10H2,(H,27,28)(H,30,31)/t17-/m0/s1. The van der Waals surface area contributed by atoms with Crippen LogP contribution in [-0.4, -0.2) is 45.2 Å². The first-order valence-corrected chi connectivity index (χ1v) is 10.3. The summed E-state index contributed by atoms with van der Waals surface area (Å²) in [5.41, 5.74) is 2.15. The van der Waals surface area contributed by atoms with Gasteiger partial charge in [0.15, 0.2) is 5.82 Å². The average molecular weight is 443 g/mol. The van der Waals surface area contributed by atoms with Crippen LogP contribution in [0.1, 0.15) is 30.0 Å². The predicted molar refractivity (Wildman–Crippen MR) is 112 cm³/mol. The molecule has 166 valence electrons. The van der Waals surface area contributed by atoms with Gasteiger partial charge in [-0.05, 0) is 48.7 Å². The summed E-state index contributed by atoms with van der Waals surface area (Å²) in [6.07, 6.45) is 0.0508. The third kappa shape index (κ3) is 3.33. The number of hydrogen-bond donors (Lipinski definition) is 2. The number of aromatic amines is 1. The highest BCUT2D eigenvalue weighted by Gasteiger charge is 2.32. The quantitative estimate of drug-likeness (QED) is 0.471. The molecule has 0 radical (unpaired) electrons. The van der Waals surface area contributed by atoms with Gasteiger partial charge in [0.05, 0.1) is 11.7 Å². The van der Waals surface area contributed by atoms with Crippen LogP contribution >= 0.6 is 0 Å². The van der Waals surface area contributed by atoms with Crippen molar-refractivity contribution in [3.05, 3.63) is 59.4 Å². The molecule has 0 amide bonds. The summed E-state index contributed by atoms with van der Waals surface area (Å²) in [5, 5.41) is 16.4. The average Bonchev–Trinajstić information content (AvgIpc) is 3.38. The number of rotatable bonds is 5. The normalized spacial score (nSPS) is 16.1. The van der Waals surface area contributed by atoms with Gasteiger partial charge in [0, 0.05) is 47.7 Å². The Morgan fingerprint density at radius 3 is 2.66 bits per heavy atom. The largest absolute Gasteiger partial charge is 0.479 e. The molecule has 1 atom stereocenters. The second-order valence-corrected chi connectivity index (χ2v) is 7.99. The van der Waals surface area contributed by atoms with E-state index in [-0.39, 0.29) is 16.8 Å².